The quantitative estimate of drug-likeness (QED) is 0.235. The van der Waals surface area contributed by atoms with Gasteiger partial charge in [-0.2, -0.15) is 11.8 Å². The number of hydrogen-bond donors (Lipinski definition) is 2. The van der Waals surface area contributed by atoms with Crippen molar-refractivity contribution in [3.63, 3.8) is 0 Å². The zero-order valence-electron chi connectivity index (χ0n) is 16.0. The Morgan fingerprint density at radius 2 is 2.04 bits per heavy atom. The van der Waals surface area contributed by atoms with Crippen LogP contribution in [0.15, 0.2) is 23.2 Å². The average Bonchev–Trinajstić information content (AvgIpc) is 3.13. The van der Waals surface area contributed by atoms with Crippen molar-refractivity contribution in [1.82, 2.24) is 10.6 Å². The number of ether oxygens (including phenoxy) is 2. The van der Waals surface area contributed by atoms with Gasteiger partial charge in [-0.15, -0.1) is 24.0 Å². The summed E-state index contributed by atoms with van der Waals surface area (Å²) in [5, 5.41) is 6.65. The Morgan fingerprint density at radius 1 is 1.27 bits per heavy atom. The lowest BCUT2D eigenvalue weighted by molar-refractivity contribution is 0.207. The molecule has 1 aliphatic rings. The lowest BCUT2D eigenvalue weighted by Crippen LogP contribution is -2.38. The molecule has 1 aliphatic carbocycles. The first-order valence-corrected chi connectivity index (χ1v) is 10.5. The van der Waals surface area contributed by atoms with Crippen LogP contribution in [0.1, 0.15) is 38.2 Å². The Morgan fingerprint density at radius 3 is 2.69 bits per heavy atom. The Kier molecular flexibility index (Phi) is 11.9. The second-order valence-electron chi connectivity index (χ2n) is 6.11. The summed E-state index contributed by atoms with van der Waals surface area (Å²) in [6.07, 6.45) is 7.22. The Labute approximate surface area is 179 Å². The molecule has 7 heteroatoms. The summed E-state index contributed by atoms with van der Waals surface area (Å²) < 4.78 is 11.6. The average molecular weight is 493 g/mol. The number of thioether (sulfide) groups is 1. The smallest absolute Gasteiger partial charge is 0.191 e. The van der Waals surface area contributed by atoms with E-state index in [0.29, 0.717) is 12.6 Å². The lowest BCUT2D eigenvalue weighted by Gasteiger charge is -2.17. The molecule has 1 saturated carbocycles. The van der Waals surface area contributed by atoms with Gasteiger partial charge < -0.3 is 20.1 Å². The van der Waals surface area contributed by atoms with Crippen LogP contribution < -0.4 is 20.1 Å². The molecule has 5 nitrogen and oxygen atoms in total. The maximum atomic E-state index is 6.25. The molecule has 0 saturated heterocycles. The van der Waals surface area contributed by atoms with Gasteiger partial charge in [-0.3, -0.25) is 0 Å². The van der Waals surface area contributed by atoms with Crippen molar-refractivity contribution < 1.29 is 9.47 Å². The fourth-order valence-electron chi connectivity index (χ4n) is 2.87. The van der Waals surface area contributed by atoms with Crippen LogP contribution in [0, 0.1) is 0 Å². The van der Waals surface area contributed by atoms with E-state index in [1.54, 1.807) is 7.11 Å². The topological polar surface area (TPSA) is 54.9 Å². The molecule has 2 N–H and O–H groups in total. The van der Waals surface area contributed by atoms with Gasteiger partial charge in [0.2, 0.25) is 0 Å². The van der Waals surface area contributed by atoms with E-state index in [0.717, 1.165) is 54.7 Å². The van der Waals surface area contributed by atoms with Crippen LogP contribution in [-0.4, -0.2) is 44.3 Å². The van der Waals surface area contributed by atoms with E-state index in [9.17, 15) is 0 Å². The number of halogens is 1. The van der Waals surface area contributed by atoms with Crippen LogP contribution in [0.2, 0.25) is 0 Å². The van der Waals surface area contributed by atoms with Crippen LogP contribution in [0.5, 0.6) is 11.5 Å². The predicted molar refractivity (Wildman–Crippen MR) is 122 cm³/mol. The van der Waals surface area contributed by atoms with E-state index in [4.69, 9.17) is 14.5 Å². The number of nitrogens with zero attached hydrogens (tertiary/aromatic N) is 1. The number of guanidine groups is 1. The van der Waals surface area contributed by atoms with Crippen molar-refractivity contribution in [3.05, 3.63) is 23.8 Å². The van der Waals surface area contributed by atoms with Crippen LogP contribution in [0.3, 0.4) is 0 Å². The molecule has 0 amide bonds. The molecule has 1 fully saturated rings. The van der Waals surface area contributed by atoms with Gasteiger partial charge in [0, 0.05) is 30.5 Å². The third kappa shape index (κ3) is 7.82. The standard InChI is InChI=1S/C19H31N3O2S.HI/c1-4-20-19(21-11-12-25-3)22-14-15-9-10-17(23-2)13-18(15)24-16-7-5-6-8-16;/h9-10,13,16H,4-8,11-12,14H2,1-3H3,(H2,20,21,22);1H. The summed E-state index contributed by atoms with van der Waals surface area (Å²) in [7, 11) is 1.69. The molecule has 0 radical (unpaired) electrons. The van der Waals surface area contributed by atoms with Crippen LogP contribution in [0.4, 0.5) is 0 Å². The van der Waals surface area contributed by atoms with E-state index >= 15 is 0 Å². The Bertz CT molecular complexity index is 552. The maximum Gasteiger partial charge on any atom is 0.191 e. The molecular formula is C19H32IN3O2S. The lowest BCUT2D eigenvalue weighted by atomic mass is 10.2. The maximum absolute atomic E-state index is 6.25. The summed E-state index contributed by atoms with van der Waals surface area (Å²) in [4.78, 5) is 4.71. The van der Waals surface area contributed by atoms with E-state index in [1.807, 2.05) is 23.9 Å². The van der Waals surface area contributed by atoms with Crippen molar-refractivity contribution in [2.45, 2.75) is 45.3 Å². The van der Waals surface area contributed by atoms with Gasteiger partial charge in [0.1, 0.15) is 11.5 Å². The molecule has 0 spiro atoms. The third-order valence-electron chi connectivity index (χ3n) is 4.22. The summed E-state index contributed by atoms with van der Waals surface area (Å²) in [5.74, 6) is 3.63. The van der Waals surface area contributed by atoms with Crippen LogP contribution in [-0.2, 0) is 6.54 Å². The van der Waals surface area contributed by atoms with E-state index < -0.39 is 0 Å². The highest BCUT2D eigenvalue weighted by Gasteiger charge is 2.18. The molecule has 2 rings (SSSR count). The van der Waals surface area contributed by atoms with E-state index in [1.165, 1.54) is 12.8 Å². The Hall–Kier alpha value is -0.830. The normalized spacial score (nSPS) is 14.7. The molecule has 1 aromatic carbocycles. The fourth-order valence-corrected chi connectivity index (χ4v) is 3.17. The highest BCUT2D eigenvalue weighted by molar-refractivity contribution is 14.0. The molecule has 0 unspecified atom stereocenters. The van der Waals surface area contributed by atoms with E-state index in [-0.39, 0.29) is 24.0 Å². The summed E-state index contributed by atoms with van der Waals surface area (Å²) in [6.45, 7) is 4.41. The fraction of sp³-hybridized carbons (Fsp3) is 0.632. The molecule has 0 bridgehead atoms. The molecule has 0 aliphatic heterocycles. The first-order valence-electron chi connectivity index (χ1n) is 9.11. The van der Waals surface area contributed by atoms with Crippen molar-refractivity contribution in [3.8, 4) is 11.5 Å². The minimum Gasteiger partial charge on any atom is -0.497 e. The molecule has 0 heterocycles. The van der Waals surface area contributed by atoms with Crippen molar-refractivity contribution in [1.29, 1.82) is 0 Å². The van der Waals surface area contributed by atoms with E-state index in [2.05, 4.69) is 29.9 Å². The minimum absolute atomic E-state index is 0. The van der Waals surface area contributed by atoms with Gasteiger partial charge in [0.25, 0.3) is 0 Å². The summed E-state index contributed by atoms with van der Waals surface area (Å²) in [6, 6.07) is 6.01. The number of hydrogen-bond acceptors (Lipinski definition) is 4. The zero-order valence-corrected chi connectivity index (χ0v) is 19.2. The summed E-state index contributed by atoms with van der Waals surface area (Å²) >= 11 is 1.82. The molecule has 26 heavy (non-hydrogen) atoms. The van der Waals surface area contributed by atoms with Crippen LogP contribution in [0.25, 0.3) is 0 Å². The molecule has 0 atom stereocenters. The molecular weight excluding hydrogens is 461 g/mol. The van der Waals surface area contributed by atoms with Crippen molar-refractivity contribution >= 4 is 41.7 Å². The van der Waals surface area contributed by atoms with Gasteiger partial charge >= 0.3 is 0 Å². The first kappa shape index (κ1) is 23.2. The largest absolute Gasteiger partial charge is 0.497 e. The SMILES string of the molecule is CCNC(=NCc1ccc(OC)cc1OC1CCCC1)NCCSC.I. The zero-order chi connectivity index (χ0) is 17.9. The second-order valence-corrected chi connectivity index (χ2v) is 7.10. The predicted octanol–water partition coefficient (Wildman–Crippen LogP) is 4.05. The highest BCUT2D eigenvalue weighted by atomic mass is 127. The Balaban J connectivity index is 0.00000338. The molecule has 1 aromatic rings. The molecule has 148 valence electrons. The van der Waals surface area contributed by atoms with Gasteiger partial charge in [0.15, 0.2) is 5.96 Å². The number of methoxy groups -OCH3 is 1. The first-order chi connectivity index (χ1) is 12.3. The van der Waals surface area contributed by atoms with Crippen molar-refractivity contribution in [2.75, 3.05) is 32.2 Å². The monoisotopic (exact) mass is 493 g/mol. The number of aliphatic imine (C=N–C) groups is 1. The van der Waals surface area contributed by atoms with Gasteiger partial charge in [-0.1, -0.05) is 0 Å². The summed E-state index contributed by atoms with van der Waals surface area (Å²) in [5.41, 5.74) is 1.09. The van der Waals surface area contributed by atoms with Gasteiger partial charge in [0.05, 0.1) is 19.8 Å². The number of nitrogens with one attached hydrogen (secondary N) is 2. The van der Waals surface area contributed by atoms with Gasteiger partial charge in [-0.25, -0.2) is 4.99 Å². The number of benzene rings is 1. The van der Waals surface area contributed by atoms with Crippen molar-refractivity contribution in [2.24, 2.45) is 4.99 Å². The molecule has 0 aromatic heterocycles. The number of rotatable bonds is 9. The third-order valence-corrected chi connectivity index (χ3v) is 4.83. The second kappa shape index (κ2) is 13.4. The highest BCUT2D eigenvalue weighted by Crippen LogP contribution is 2.30. The van der Waals surface area contributed by atoms with Gasteiger partial charge in [-0.05, 0) is 51.0 Å². The minimum atomic E-state index is 0. The van der Waals surface area contributed by atoms with Crippen LogP contribution >= 0.6 is 35.7 Å².